The van der Waals surface area contributed by atoms with Crippen LogP contribution in [0.5, 0.6) is 5.75 Å². The fraction of sp³-hybridized carbons (Fsp3) is 0.364. The Balaban J connectivity index is 3.21. The molecule has 0 aliphatic carbocycles. The summed E-state index contributed by atoms with van der Waals surface area (Å²) in [5.41, 5.74) is 7.20. The van der Waals surface area contributed by atoms with Gasteiger partial charge in [-0.15, -0.1) is 0 Å². The van der Waals surface area contributed by atoms with Crippen LogP contribution in [-0.2, 0) is 4.79 Å². The summed E-state index contributed by atoms with van der Waals surface area (Å²) in [6, 6.07) is 2.47. The van der Waals surface area contributed by atoms with Gasteiger partial charge in [0.1, 0.15) is 11.8 Å². The van der Waals surface area contributed by atoms with Crippen LogP contribution >= 0.6 is 11.6 Å². The van der Waals surface area contributed by atoms with Crippen LogP contribution in [0, 0.1) is 6.92 Å². The number of halogens is 1. The van der Waals surface area contributed by atoms with Crippen molar-refractivity contribution in [2.24, 2.45) is 11.6 Å². The molecule has 1 rings (SSSR count). The third kappa shape index (κ3) is 2.88. The predicted molar refractivity (Wildman–Crippen MR) is 66.6 cm³/mol. The Morgan fingerprint density at radius 1 is 1.53 bits per heavy atom. The van der Waals surface area contributed by atoms with E-state index >= 15 is 0 Å². The number of aryl methyl sites for hydroxylation is 1. The highest BCUT2D eigenvalue weighted by atomic mass is 35.5. The number of hydrogen-bond acceptors (Lipinski definition) is 4. The van der Waals surface area contributed by atoms with Crippen molar-refractivity contribution < 1.29 is 9.53 Å². The van der Waals surface area contributed by atoms with E-state index in [0.29, 0.717) is 16.3 Å². The van der Waals surface area contributed by atoms with Gasteiger partial charge >= 0.3 is 0 Å². The average Bonchev–Trinajstić information content (AvgIpc) is 2.29. The maximum absolute atomic E-state index is 11.7. The van der Waals surface area contributed by atoms with Gasteiger partial charge in [0.2, 0.25) is 0 Å². The minimum Gasteiger partial charge on any atom is -0.496 e. The van der Waals surface area contributed by atoms with E-state index in [1.807, 2.05) is 6.92 Å². The molecule has 17 heavy (non-hydrogen) atoms. The summed E-state index contributed by atoms with van der Waals surface area (Å²) in [5, 5.41) is 1.47. The minimum atomic E-state index is -0.891. The monoisotopic (exact) mass is 257 g/mol. The SMILES string of the molecule is COc1cc(C)c(Cl)cc1C(N)C(=O)N(C)N. The summed E-state index contributed by atoms with van der Waals surface area (Å²) in [6.45, 7) is 1.84. The summed E-state index contributed by atoms with van der Waals surface area (Å²) < 4.78 is 5.18. The molecule has 0 saturated heterocycles. The van der Waals surface area contributed by atoms with Crippen molar-refractivity contribution in [2.75, 3.05) is 14.2 Å². The van der Waals surface area contributed by atoms with Gasteiger partial charge in [-0.05, 0) is 24.6 Å². The Bertz CT molecular complexity index is 435. The lowest BCUT2D eigenvalue weighted by molar-refractivity contribution is -0.131. The van der Waals surface area contributed by atoms with Crippen molar-refractivity contribution >= 4 is 17.5 Å². The van der Waals surface area contributed by atoms with Crippen molar-refractivity contribution in [3.05, 3.63) is 28.3 Å². The number of rotatable bonds is 3. The standard InChI is InChI=1S/C11H16ClN3O2/c1-6-4-9(17-3)7(5-8(6)12)10(13)11(16)15(2)14/h4-5,10H,13-14H2,1-3H3. The molecule has 0 aliphatic rings. The van der Waals surface area contributed by atoms with Crippen molar-refractivity contribution in [3.63, 3.8) is 0 Å². The summed E-state index contributed by atoms with van der Waals surface area (Å²) in [6.07, 6.45) is 0. The van der Waals surface area contributed by atoms with E-state index in [9.17, 15) is 4.79 Å². The van der Waals surface area contributed by atoms with Gasteiger partial charge < -0.3 is 10.5 Å². The Kier molecular flexibility index (Phi) is 4.34. The van der Waals surface area contributed by atoms with E-state index in [1.165, 1.54) is 14.2 Å². The second-order valence-electron chi connectivity index (χ2n) is 3.77. The first kappa shape index (κ1) is 13.8. The first-order valence-electron chi connectivity index (χ1n) is 5.00. The van der Waals surface area contributed by atoms with Gasteiger partial charge in [0.25, 0.3) is 5.91 Å². The zero-order valence-corrected chi connectivity index (χ0v) is 10.8. The van der Waals surface area contributed by atoms with Gasteiger partial charge in [0.15, 0.2) is 0 Å². The number of benzene rings is 1. The molecule has 0 aliphatic heterocycles. The van der Waals surface area contributed by atoms with Gasteiger partial charge in [0.05, 0.1) is 7.11 Å². The topological polar surface area (TPSA) is 81.6 Å². The van der Waals surface area contributed by atoms with Crippen molar-refractivity contribution in [1.29, 1.82) is 0 Å². The van der Waals surface area contributed by atoms with Gasteiger partial charge in [-0.25, -0.2) is 5.84 Å². The first-order valence-corrected chi connectivity index (χ1v) is 5.38. The summed E-state index contributed by atoms with van der Waals surface area (Å²) in [7, 11) is 2.94. The Morgan fingerprint density at radius 3 is 2.59 bits per heavy atom. The molecule has 1 unspecified atom stereocenters. The normalized spacial score (nSPS) is 12.1. The van der Waals surface area contributed by atoms with E-state index in [1.54, 1.807) is 12.1 Å². The molecule has 0 saturated carbocycles. The number of carbonyl (C=O) groups excluding carboxylic acids is 1. The minimum absolute atomic E-state index is 0.414. The molecule has 4 N–H and O–H groups in total. The molecule has 5 nitrogen and oxygen atoms in total. The van der Waals surface area contributed by atoms with E-state index in [-0.39, 0.29) is 0 Å². The highest BCUT2D eigenvalue weighted by Crippen LogP contribution is 2.30. The molecule has 1 atom stereocenters. The second-order valence-corrected chi connectivity index (χ2v) is 4.18. The Hall–Kier alpha value is -1.30. The molecule has 0 fully saturated rings. The average molecular weight is 258 g/mol. The first-order chi connectivity index (χ1) is 7.88. The zero-order chi connectivity index (χ0) is 13.2. The maximum atomic E-state index is 11.7. The highest BCUT2D eigenvalue weighted by molar-refractivity contribution is 6.31. The number of nitrogens with two attached hydrogens (primary N) is 2. The van der Waals surface area contributed by atoms with Crippen LogP contribution in [0.1, 0.15) is 17.2 Å². The Labute approximate surface area is 105 Å². The zero-order valence-electron chi connectivity index (χ0n) is 10.0. The maximum Gasteiger partial charge on any atom is 0.257 e. The number of amides is 1. The quantitative estimate of drug-likeness (QED) is 0.481. The number of hydrazine groups is 1. The van der Waals surface area contributed by atoms with E-state index in [2.05, 4.69) is 0 Å². The molecule has 1 aromatic rings. The van der Waals surface area contributed by atoms with E-state index in [0.717, 1.165) is 10.6 Å². The third-order valence-electron chi connectivity index (χ3n) is 2.46. The number of methoxy groups -OCH3 is 1. The Morgan fingerprint density at radius 2 is 2.12 bits per heavy atom. The molecular weight excluding hydrogens is 242 g/mol. The molecule has 0 radical (unpaired) electrons. The molecule has 1 aromatic carbocycles. The van der Waals surface area contributed by atoms with Crippen molar-refractivity contribution in [2.45, 2.75) is 13.0 Å². The highest BCUT2D eigenvalue weighted by Gasteiger charge is 2.22. The van der Waals surface area contributed by atoms with Crippen LogP contribution < -0.4 is 16.3 Å². The number of ether oxygens (including phenoxy) is 1. The van der Waals surface area contributed by atoms with Crippen molar-refractivity contribution in [1.82, 2.24) is 5.01 Å². The number of nitrogens with zero attached hydrogens (tertiary/aromatic N) is 1. The summed E-state index contributed by atoms with van der Waals surface area (Å²) in [5.74, 6) is 5.47. The second kappa shape index (κ2) is 5.35. The lowest BCUT2D eigenvalue weighted by Crippen LogP contribution is -2.40. The number of hydrogen-bond donors (Lipinski definition) is 2. The van der Waals surface area contributed by atoms with Crippen molar-refractivity contribution in [3.8, 4) is 5.75 Å². The number of carbonyl (C=O) groups is 1. The molecule has 0 spiro atoms. The lowest BCUT2D eigenvalue weighted by Gasteiger charge is -2.19. The van der Waals surface area contributed by atoms with Gasteiger partial charge in [0, 0.05) is 17.6 Å². The third-order valence-corrected chi connectivity index (χ3v) is 2.87. The van der Waals surface area contributed by atoms with Crippen LogP contribution in [0.4, 0.5) is 0 Å². The molecular formula is C11H16ClN3O2. The van der Waals surface area contributed by atoms with E-state index < -0.39 is 11.9 Å². The molecule has 0 bridgehead atoms. The smallest absolute Gasteiger partial charge is 0.257 e. The number of likely N-dealkylation sites (N-methyl/N-ethyl adjacent to an activating group) is 1. The van der Waals surface area contributed by atoms with Crippen LogP contribution in [0.25, 0.3) is 0 Å². The van der Waals surface area contributed by atoms with E-state index in [4.69, 9.17) is 27.9 Å². The van der Waals surface area contributed by atoms with Crippen LogP contribution in [0.15, 0.2) is 12.1 Å². The predicted octanol–water partition coefficient (Wildman–Crippen LogP) is 0.989. The van der Waals surface area contributed by atoms with Gasteiger partial charge in [-0.2, -0.15) is 0 Å². The molecule has 0 heterocycles. The van der Waals surface area contributed by atoms with Gasteiger partial charge in [-0.1, -0.05) is 11.6 Å². The van der Waals surface area contributed by atoms with Crippen LogP contribution in [0.3, 0.4) is 0 Å². The summed E-state index contributed by atoms with van der Waals surface area (Å²) in [4.78, 5) is 11.7. The molecule has 6 heteroatoms. The molecule has 1 amide bonds. The fourth-order valence-corrected chi connectivity index (χ4v) is 1.61. The largest absolute Gasteiger partial charge is 0.496 e. The summed E-state index contributed by atoms with van der Waals surface area (Å²) >= 11 is 6.00. The van der Waals surface area contributed by atoms with Crippen LogP contribution in [0.2, 0.25) is 5.02 Å². The van der Waals surface area contributed by atoms with Gasteiger partial charge in [-0.3, -0.25) is 9.80 Å². The lowest BCUT2D eigenvalue weighted by atomic mass is 10.0. The molecule has 0 aromatic heterocycles. The molecule has 94 valence electrons. The van der Waals surface area contributed by atoms with Crippen LogP contribution in [-0.4, -0.2) is 25.1 Å². The fourth-order valence-electron chi connectivity index (χ4n) is 1.44.